The van der Waals surface area contributed by atoms with Crippen LogP contribution in [0.5, 0.6) is 0 Å². The maximum absolute atomic E-state index is 2.65. The van der Waals surface area contributed by atoms with Gasteiger partial charge in [0.15, 0.2) is 0 Å². The number of likely N-dealkylation sites (N-methyl/N-ethyl adjacent to an activating group) is 2. The van der Waals surface area contributed by atoms with Crippen LogP contribution in [0.3, 0.4) is 0 Å². The van der Waals surface area contributed by atoms with Gasteiger partial charge in [-0.2, -0.15) is 0 Å². The van der Waals surface area contributed by atoms with Gasteiger partial charge < -0.3 is 9.80 Å². The summed E-state index contributed by atoms with van der Waals surface area (Å²) in [5, 5.41) is 5.41. The molecule has 3 heteroatoms. The first-order valence-electron chi connectivity index (χ1n) is 18.3. The van der Waals surface area contributed by atoms with E-state index in [1.54, 1.807) is 0 Å². The van der Waals surface area contributed by atoms with E-state index in [9.17, 15) is 0 Å². The lowest BCUT2D eigenvalue weighted by Crippen LogP contribution is -2.36. The fourth-order valence-electron chi connectivity index (χ4n) is 9.29. The minimum atomic E-state index is -0.0746. The fraction of sp³-hybridized carbons (Fsp3) is 0.356. The maximum atomic E-state index is 2.65. The van der Waals surface area contributed by atoms with Crippen molar-refractivity contribution < 1.29 is 4.58 Å². The molecular weight excluding hydrogens is 583 g/mol. The molecule has 244 valence electrons. The summed E-state index contributed by atoms with van der Waals surface area (Å²) in [5.74, 6) is 0. The standard InChI is InChI=1S/C45H50N3/c1-7-47-37-25-21-31-15-9-11-19-35(31)41(37)44(3,4)39(47)27-23-33-17-13-18-34(43(33)46-29-14-30-46)24-28-40-45(5,6)42-36-20-12-10-16-32(36)22-26-38(42)48(40)8-2/h9-12,15-16,19-28H,7-8,13-14,17-18,29-30H2,1-6H3/q+1. The maximum Gasteiger partial charge on any atom is 0.206 e. The van der Waals surface area contributed by atoms with Gasteiger partial charge in [-0.05, 0) is 90.1 Å². The molecule has 1 aliphatic carbocycles. The second kappa shape index (κ2) is 11.7. The fourth-order valence-corrected chi connectivity index (χ4v) is 9.29. The number of rotatable bonds is 4. The SMILES string of the molecule is CCN1/C(=C/C=C2\CCC/C(=C\C=C3\N(CC)c4ccc5ccccc5c4C3(C)C)C2=[N+]2CCC2)C(C)(C)c2c1ccc1ccccc21. The lowest BCUT2D eigenvalue weighted by Gasteiger charge is -2.27. The molecule has 0 unspecified atom stereocenters. The molecule has 0 bridgehead atoms. The molecule has 48 heavy (non-hydrogen) atoms. The number of nitrogens with zero attached hydrogens (tertiary/aromatic N) is 3. The molecule has 0 atom stereocenters. The Hall–Kier alpha value is -4.37. The molecule has 2 fully saturated rings. The smallest absolute Gasteiger partial charge is 0.206 e. The van der Waals surface area contributed by atoms with Crippen LogP contribution < -0.4 is 9.80 Å². The highest BCUT2D eigenvalue weighted by Crippen LogP contribution is 2.52. The van der Waals surface area contributed by atoms with E-state index in [0.717, 1.165) is 39.0 Å². The van der Waals surface area contributed by atoms with E-state index >= 15 is 0 Å². The Morgan fingerprint density at radius 3 is 1.46 bits per heavy atom. The van der Waals surface area contributed by atoms with Gasteiger partial charge in [-0.1, -0.05) is 101 Å². The number of allylic oxidation sites excluding steroid dienone is 8. The van der Waals surface area contributed by atoms with Crippen molar-refractivity contribution in [1.82, 2.24) is 0 Å². The summed E-state index contributed by atoms with van der Waals surface area (Å²) >= 11 is 0. The molecule has 8 rings (SSSR count). The average molecular weight is 633 g/mol. The molecule has 3 nitrogen and oxygen atoms in total. The first kappa shape index (κ1) is 30.9. The van der Waals surface area contributed by atoms with Gasteiger partial charge in [-0.3, -0.25) is 0 Å². The predicted octanol–water partition coefficient (Wildman–Crippen LogP) is 10.6. The summed E-state index contributed by atoms with van der Waals surface area (Å²) in [6.07, 6.45) is 14.7. The Kier molecular flexibility index (Phi) is 7.51. The second-order valence-electron chi connectivity index (χ2n) is 15.1. The van der Waals surface area contributed by atoms with E-state index in [0.29, 0.717) is 0 Å². The van der Waals surface area contributed by atoms with Crippen molar-refractivity contribution in [1.29, 1.82) is 0 Å². The Labute approximate surface area is 287 Å². The van der Waals surface area contributed by atoms with Crippen LogP contribution >= 0.6 is 0 Å². The molecule has 3 aliphatic heterocycles. The summed E-state index contributed by atoms with van der Waals surface area (Å²) < 4.78 is 2.65. The molecule has 3 heterocycles. The molecule has 0 radical (unpaired) electrons. The van der Waals surface area contributed by atoms with Crippen molar-refractivity contribution in [3.63, 3.8) is 0 Å². The minimum Gasteiger partial charge on any atom is -0.344 e. The largest absolute Gasteiger partial charge is 0.344 e. The zero-order valence-electron chi connectivity index (χ0n) is 29.7. The Morgan fingerprint density at radius 1 is 0.583 bits per heavy atom. The summed E-state index contributed by atoms with van der Waals surface area (Å²) in [7, 11) is 0. The monoisotopic (exact) mass is 632 g/mol. The van der Waals surface area contributed by atoms with Crippen LogP contribution in [0.15, 0.2) is 120 Å². The van der Waals surface area contributed by atoms with E-state index < -0.39 is 0 Å². The van der Waals surface area contributed by atoms with Gasteiger partial charge in [-0.15, -0.1) is 0 Å². The van der Waals surface area contributed by atoms with E-state index in [1.807, 2.05) is 0 Å². The Balaban J connectivity index is 1.20. The van der Waals surface area contributed by atoms with Gasteiger partial charge in [0.25, 0.3) is 0 Å². The van der Waals surface area contributed by atoms with Gasteiger partial charge >= 0.3 is 0 Å². The van der Waals surface area contributed by atoms with Crippen LogP contribution in [0, 0.1) is 0 Å². The van der Waals surface area contributed by atoms with Gasteiger partial charge in [0, 0.05) is 57.8 Å². The molecule has 0 amide bonds. The number of fused-ring (bicyclic) bond motifs is 6. The summed E-state index contributed by atoms with van der Waals surface area (Å²) in [4.78, 5) is 5.10. The van der Waals surface area contributed by atoms with Gasteiger partial charge in [-0.25, -0.2) is 4.58 Å². The third-order valence-corrected chi connectivity index (χ3v) is 11.7. The van der Waals surface area contributed by atoms with Crippen LogP contribution in [-0.4, -0.2) is 36.5 Å². The van der Waals surface area contributed by atoms with E-state index in [1.165, 1.54) is 85.1 Å². The molecule has 4 aliphatic rings. The number of benzene rings is 4. The van der Waals surface area contributed by atoms with Crippen LogP contribution in [0.4, 0.5) is 11.4 Å². The van der Waals surface area contributed by atoms with Gasteiger partial charge in [0.05, 0.1) is 6.42 Å². The lowest BCUT2D eigenvalue weighted by atomic mass is 9.80. The number of hydrogen-bond acceptors (Lipinski definition) is 2. The van der Waals surface area contributed by atoms with E-state index in [2.05, 4.69) is 153 Å². The van der Waals surface area contributed by atoms with E-state index in [4.69, 9.17) is 0 Å². The molecule has 0 aromatic heterocycles. The minimum absolute atomic E-state index is 0.0746. The Bertz CT molecular complexity index is 1970. The van der Waals surface area contributed by atoms with Crippen molar-refractivity contribution in [2.24, 2.45) is 0 Å². The Morgan fingerprint density at radius 2 is 1.04 bits per heavy atom. The average Bonchev–Trinajstić information content (AvgIpc) is 3.44. The van der Waals surface area contributed by atoms with Crippen LogP contribution in [0.2, 0.25) is 0 Å². The highest BCUT2D eigenvalue weighted by Gasteiger charge is 2.42. The zero-order chi connectivity index (χ0) is 33.2. The summed E-state index contributed by atoms with van der Waals surface area (Å²) in [5.41, 5.74) is 12.8. The molecule has 1 saturated heterocycles. The van der Waals surface area contributed by atoms with Crippen molar-refractivity contribution in [2.45, 2.75) is 78.1 Å². The molecule has 4 aromatic carbocycles. The highest BCUT2D eigenvalue weighted by atomic mass is 15.2. The lowest BCUT2D eigenvalue weighted by molar-refractivity contribution is -0.582. The van der Waals surface area contributed by atoms with Crippen molar-refractivity contribution in [3.05, 3.63) is 131 Å². The first-order chi connectivity index (χ1) is 23.3. The topological polar surface area (TPSA) is 9.49 Å². The van der Waals surface area contributed by atoms with Crippen LogP contribution in [-0.2, 0) is 10.8 Å². The second-order valence-corrected chi connectivity index (χ2v) is 15.1. The first-order valence-corrected chi connectivity index (χ1v) is 18.3. The number of anilines is 2. The summed E-state index contributed by atoms with van der Waals surface area (Å²) in [6.45, 7) is 18.5. The van der Waals surface area contributed by atoms with Crippen molar-refractivity contribution >= 4 is 38.6 Å². The molecule has 1 saturated carbocycles. The third-order valence-electron chi connectivity index (χ3n) is 11.7. The van der Waals surface area contributed by atoms with E-state index in [-0.39, 0.29) is 10.8 Å². The molecule has 0 N–H and O–H groups in total. The molecule has 4 aromatic rings. The highest BCUT2D eigenvalue weighted by molar-refractivity contribution is 6.10. The van der Waals surface area contributed by atoms with Gasteiger partial charge in [0.1, 0.15) is 13.1 Å². The van der Waals surface area contributed by atoms with Crippen LogP contribution in [0.1, 0.15) is 78.4 Å². The zero-order valence-corrected chi connectivity index (χ0v) is 29.7. The van der Waals surface area contributed by atoms with Crippen molar-refractivity contribution in [2.75, 3.05) is 36.0 Å². The third kappa shape index (κ3) is 4.65. The predicted molar refractivity (Wildman–Crippen MR) is 206 cm³/mol. The van der Waals surface area contributed by atoms with Crippen molar-refractivity contribution in [3.8, 4) is 0 Å². The van der Waals surface area contributed by atoms with Gasteiger partial charge in [0.2, 0.25) is 5.71 Å². The van der Waals surface area contributed by atoms with Crippen LogP contribution in [0.25, 0.3) is 21.5 Å². The molecular formula is C45H50N3+. The number of hydrogen-bond donors (Lipinski definition) is 0. The quantitative estimate of drug-likeness (QED) is 0.207. The molecule has 0 spiro atoms. The summed E-state index contributed by atoms with van der Waals surface area (Å²) in [6, 6.07) is 27.1. The normalized spacial score (nSPS) is 23.2.